The third kappa shape index (κ3) is 3.16. The van der Waals surface area contributed by atoms with Crippen molar-refractivity contribution in [2.75, 3.05) is 20.1 Å². The predicted molar refractivity (Wildman–Crippen MR) is 63.9 cm³/mol. The lowest BCUT2D eigenvalue weighted by atomic mass is 9.90. The van der Waals surface area contributed by atoms with Gasteiger partial charge in [0.05, 0.1) is 0 Å². The van der Waals surface area contributed by atoms with Gasteiger partial charge in [0.25, 0.3) is 0 Å². The maximum Gasteiger partial charge on any atom is 0.0222 e. The van der Waals surface area contributed by atoms with Crippen molar-refractivity contribution >= 4 is 0 Å². The number of likely N-dealkylation sites (tertiary alicyclic amines) is 1. The van der Waals surface area contributed by atoms with Gasteiger partial charge in [-0.3, -0.25) is 0 Å². The molecule has 0 radical (unpaired) electrons. The first kappa shape index (κ1) is 11.4. The van der Waals surface area contributed by atoms with E-state index in [2.05, 4.69) is 17.3 Å². The molecule has 0 aromatic rings. The fraction of sp³-hybridized carbons (Fsp3) is 1.00. The van der Waals surface area contributed by atoms with Gasteiger partial charge >= 0.3 is 0 Å². The maximum atomic E-state index is 6.15. The molecule has 88 valence electrons. The highest BCUT2D eigenvalue weighted by Gasteiger charge is 2.25. The maximum absolute atomic E-state index is 6.15. The largest absolute Gasteiger partial charge is 0.326 e. The fourth-order valence-electron chi connectivity index (χ4n) is 2.97. The molecular formula is C12H25N3. The molecule has 1 heterocycles. The van der Waals surface area contributed by atoms with E-state index in [4.69, 9.17) is 5.73 Å². The molecule has 3 unspecified atom stereocenters. The van der Waals surface area contributed by atoms with Crippen LogP contribution < -0.4 is 11.1 Å². The Morgan fingerprint density at radius 2 is 1.93 bits per heavy atom. The van der Waals surface area contributed by atoms with Crippen molar-refractivity contribution < 1.29 is 0 Å². The number of nitrogens with zero attached hydrogens (tertiary/aromatic N) is 1. The summed E-state index contributed by atoms with van der Waals surface area (Å²) in [4.78, 5) is 2.43. The van der Waals surface area contributed by atoms with E-state index in [1.165, 1.54) is 51.6 Å². The van der Waals surface area contributed by atoms with Crippen molar-refractivity contribution in [1.29, 1.82) is 0 Å². The minimum Gasteiger partial charge on any atom is -0.326 e. The van der Waals surface area contributed by atoms with Crippen molar-refractivity contribution in [2.45, 2.75) is 56.7 Å². The second kappa shape index (κ2) is 5.28. The van der Waals surface area contributed by atoms with Gasteiger partial charge in [0.1, 0.15) is 0 Å². The second-order valence-electron chi connectivity index (χ2n) is 5.32. The van der Waals surface area contributed by atoms with E-state index in [9.17, 15) is 0 Å². The molecule has 3 atom stereocenters. The van der Waals surface area contributed by atoms with Crippen LogP contribution in [0.15, 0.2) is 0 Å². The standard InChI is InChI=1S/C12H25N3/c1-15-8-4-5-10(9-15)14-12-7-3-2-6-11(12)13/h10-12,14H,2-9,13H2,1H3. The van der Waals surface area contributed by atoms with E-state index in [0.717, 1.165) is 0 Å². The minimum absolute atomic E-state index is 0.394. The highest BCUT2D eigenvalue weighted by molar-refractivity contribution is 4.88. The van der Waals surface area contributed by atoms with Gasteiger partial charge in [0.2, 0.25) is 0 Å². The third-order valence-corrected chi connectivity index (χ3v) is 3.89. The van der Waals surface area contributed by atoms with E-state index in [-0.39, 0.29) is 0 Å². The smallest absolute Gasteiger partial charge is 0.0222 e. The molecule has 3 N–H and O–H groups in total. The fourth-order valence-corrected chi connectivity index (χ4v) is 2.97. The van der Waals surface area contributed by atoms with Gasteiger partial charge in [-0.1, -0.05) is 12.8 Å². The molecule has 0 spiro atoms. The molecule has 2 fully saturated rings. The first-order valence-corrected chi connectivity index (χ1v) is 6.46. The molecule has 3 nitrogen and oxygen atoms in total. The summed E-state index contributed by atoms with van der Waals surface area (Å²) in [7, 11) is 2.22. The number of nitrogens with two attached hydrogens (primary N) is 1. The highest BCUT2D eigenvalue weighted by atomic mass is 15.1. The van der Waals surface area contributed by atoms with Crippen molar-refractivity contribution in [1.82, 2.24) is 10.2 Å². The summed E-state index contributed by atoms with van der Waals surface area (Å²) in [5, 5.41) is 3.77. The van der Waals surface area contributed by atoms with Crippen LogP contribution in [0.3, 0.4) is 0 Å². The molecule has 1 aliphatic carbocycles. The molecule has 0 amide bonds. The number of likely N-dealkylation sites (N-methyl/N-ethyl adjacent to an activating group) is 1. The Morgan fingerprint density at radius 1 is 1.13 bits per heavy atom. The van der Waals surface area contributed by atoms with Crippen LogP contribution in [0.25, 0.3) is 0 Å². The van der Waals surface area contributed by atoms with Gasteiger partial charge in [0.15, 0.2) is 0 Å². The first-order chi connectivity index (χ1) is 7.25. The Morgan fingerprint density at radius 3 is 2.67 bits per heavy atom. The van der Waals surface area contributed by atoms with Crippen LogP contribution in [-0.2, 0) is 0 Å². The molecule has 0 bridgehead atoms. The lowest BCUT2D eigenvalue weighted by Gasteiger charge is -2.37. The molecular weight excluding hydrogens is 186 g/mol. The Balaban J connectivity index is 1.79. The summed E-state index contributed by atoms with van der Waals surface area (Å²) in [6, 6.07) is 1.65. The van der Waals surface area contributed by atoms with Crippen LogP contribution >= 0.6 is 0 Å². The SMILES string of the molecule is CN1CCCC(NC2CCCCC2N)C1. The lowest BCUT2D eigenvalue weighted by molar-refractivity contribution is 0.197. The number of rotatable bonds is 2. The van der Waals surface area contributed by atoms with Crippen molar-refractivity contribution in [3.05, 3.63) is 0 Å². The van der Waals surface area contributed by atoms with Crippen LogP contribution in [0.4, 0.5) is 0 Å². The Hall–Kier alpha value is -0.120. The van der Waals surface area contributed by atoms with Crippen LogP contribution in [0.5, 0.6) is 0 Å². The summed E-state index contributed by atoms with van der Waals surface area (Å²) >= 11 is 0. The molecule has 1 saturated heterocycles. The quantitative estimate of drug-likeness (QED) is 0.714. The number of hydrogen-bond donors (Lipinski definition) is 2. The van der Waals surface area contributed by atoms with Gasteiger partial charge in [-0.2, -0.15) is 0 Å². The van der Waals surface area contributed by atoms with Gasteiger partial charge in [-0.25, -0.2) is 0 Å². The number of piperidine rings is 1. The summed E-state index contributed by atoms with van der Waals surface area (Å²) < 4.78 is 0. The highest BCUT2D eigenvalue weighted by Crippen LogP contribution is 2.19. The van der Waals surface area contributed by atoms with Gasteiger partial charge in [-0.15, -0.1) is 0 Å². The Labute approximate surface area is 93.4 Å². The molecule has 2 aliphatic rings. The zero-order valence-corrected chi connectivity index (χ0v) is 9.91. The average molecular weight is 211 g/mol. The van der Waals surface area contributed by atoms with Gasteiger partial charge < -0.3 is 16.0 Å². The summed E-state index contributed by atoms with van der Waals surface area (Å²) in [5.41, 5.74) is 6.15. The molecule has 3 heteroatoms. The van der Waals surface area contributed by atoms with Crippen LogP contribution in [0, 0.1) is 0 Å². The van der Waals surface area contributed by atoms with Crippen molar-refractivity contribution in [2.24, 2.45) is 5.73 Å². The van der Waals surface area contributed by atoms with Crippen molar-refractivity contribution in [3.63, 3.8) is 0 Å². The summed E-state index contributed by atoms with van der Waals surface area (Å²) in [6.07, 6.45) is 7.82. The molecule has 15 heavy (non-hydrogen) atoms. The summed E-state index contributed by atoms with van der Waals surface area (Å²) in [6.45, 7) is 2.46. The Bertz CT molecular complexity index is 195. The van der Waals surface area contributed by atoms with E-state index < -0.39 is 0 Å². The Kier molecular flexibility index (Phi) is 4.00. The van der Waals surface area contributed by atoms with E-state index in [1.807, 2.05) is 0 Å². The normalized spacial score (nSPS) is 39.2. The van der Waals surface area contributed by atoms with E-state index in [0.29, 0.717) is 18.1 Å². The molecule has 1 aliphatic heterocycles. The number of nitrogens with one attached hydrogen (secondary N) is 1. The monoisotopic (exact) mass is 211 g/mol. The lowest BCUT2D eigenvalue weighted by Crippen LogP contribution is -2.54. The molecule has 2 rings (SSSR count). The van der Waals surface area contributed by atoms with E-state index in [1.54, 1.807) is 0 Å². The molecule has 0 aromatic carbocycles. The van der Waals surface area contributed by atoms with Crippen LogP contribution in [0.2, 0.25) is 0 Å². The number of hydrogen-bond acceptors (Lipinski definition) is 3. The zero-order chi connectivity index (χ0) is 10.7. The minimum atomic E-state index is 0.394. The topological polar surface area (TPSA) is 41.3 Å². The van der Waals surface area contributed by atoms with Gasteiger partial charge in [-0.05, 0) is 39.3 Å². The average Bonchev–Trinajstić information content (AvgIpc) is 2.22. The van der Waals surface area contributed by atoms with Crippen LogP contribution in [-0.4, -0.2) is 43.2 Å². The third-order valence-electron chi connectivity index (χ3n) is 3.89. The van der Waals surface area contributed by atoms with Gasteiger partial charge in [0, 0.05) is 24.7 Å². The molecule has 1 saturated carbocycles. The second-order valence-corrected chi connectivity index (χ2v) is 5.32. The first-order valence-electron chi connectivity index (χ1n) is 6.46. The summed E-state index contributed by atoms with van der Waals surface area (Å²) in [5.74, 6) is 0. The van der Waals surface area contributed by atoms with Crippen LogP contribution in [0.1, 0.15) is 38.5 Å². The van der Waals surface area contributed by atoms with E-state index >= 15 is 0 Å². The van der Waals surface area contributed by atoms with Crippen molar-refractivity contribution in [3.8, 4) is 0 Å². The zero-order valence-electron chi connectivity index (χ0n) is 9.91. The molecule has 0 aromatic heterocycles. The predicted octanol–water partition coefficient (Wildman–Crippen LogP) is 0.940.